The van der Waals surface area contributed by atoms with E-state index in [9.17, 15) is 41.1 Å². The predicted octanol–water partition coefficient (Wildman–Crippen LogP) is 5.80. The van der Waals surface area contributed by atoms with Crippen LogP contribution in [0.4, 0.5) is 15.4 Å². The van der Waals surface area contributed by atoms with Gasteiger partial charge >= 0.3 is 11.9 Å². The highest BCUT2D eigenvalue weighted by Gasteiger charge is 2.41. The zero-order valence-corrected chi connectivity index (χ0v) is 35.9. The standard InChI is InChI=1S/C35H36ClN7O10S5/c1-5-43(6-2)31(46)28(24-16-37-34(55-24)42-58(51,52)26-10-8-9-23(36)19(26)4)29(32(47)48)25-17-38-33(56-25)41-57(49,50)22-13-11-20(12-14-22)30(45)40-35-39-21(18-54-35)15-27(44)53-7-3/h8-14,16-18,28-29H,5-7,15H2,1-4H3,(H,37,42)(H,38,41)(H,47,48)(H,39,40,45). The lowest BCUT2D eigenvalue weighted by atomic mass is 9.88. The second kappa shape index (κ2) is 18.7. The number of carbonyl (C=O) groups is 4. The summed E-state index contributed by atoms with van der Waals surface area (Å²) in [6, 6.07) is 9.35. The molecule has 3 aromatic heterocycles. The fourth-order valence-electron chi connectivity index (χ4n) is 5.53. The number of amides is 2. The van der Waals surface area contributed by atoms with E-state index in [4.69, 9.17) is 16.3 Å². The third-order valence-corrected chi connectivity index (χ3v) is 14.7. The van der Waals surface area contributed by atoms with Crippen molar-refractivity contribution in [3.05, 3.63) is 91.8 Å². The highest BCUT2D eigenvalue weighted by molar-refractivity contribution is 7.93. The first kappa shape index (κ1) is 44.1. The fourth-order valence-corrected chi connectivity index (χ4v) is 11.1. The van der Waals surface area contributed by atoms with Crippen LogP contribution in [0.3, 0.4) is 0 Å². The number of rotatable bonds is 18. The van der Waals surface area contributed by atoms with Crippen molar-refractivity contribution >= 4 is 105 Å². The van der Waals surface area contributed by atoms with Crippen LogP contribution in [0.25, 0.3) is 0 Å². The number of hydrogen-bond donors (Lipinski definition) is 4. The smallest absolute Gasteiger partial charge is 0.313 e. The molecule has 0 saturated heterocycles. The summed E-state index contributed by atoms with van der Waals surface area (Å²) in [5.41, 5.74) is 0.840. The van der Waals surface area contributed by atoms with Crippen LogP contribution in [0.1, 0.15) is 64.0 Å². The minimum Gasteiger partial charge on any atom is -0.481 e. The lowest BCUT2D eigenvalue weighted by molar-refractivity contribution is -0.144. The minimum absolute atomic E-state index is 0.0282. The van der Waals surface area contributed by atoms with E-state index in [-0.39, 0.29) is 71.6 Å². The highest BCUT2D eigenvalue weighted by Crippen LogP contribution is 2.42. The number of nitrogens with one attached hydrogen (secondary N) is 3. The Morgan fingerprint density at radius 1 is 0.862 bits per heavy atom. The van der Waals surface area contributed by atoms with Crippen molar-refractivity contribution in [3.63, 3.8) is 0 Å². The highest BCUT2D eigenvalue weighted by atomic mass is 35.5. The molecular weight excluding hydrogens is 874 g/mol. The molecule has 0 aliphatic rings. The molecule has 5 aromatic rings. The molecular formula is C35H36ClN7O10S5. The van der Waals surface area contributed by atoms with Gasteiger partial charge in [0.15, 0.2) is 15.4 Å². The number of sulfonamides is 2. The zero-order valence-electron chi connectivity index (χ0n) is 31.1. The average molecular weight is 910 g/mol. The molecule has 3 heterocycles. The Kier molecular flexibility index (Phi) is 14.2. The van der Waals surface area contributed by atoms with Crippen LogP contribution in [0.15, 0.2) is 70.0 Å². The van der Waals surface area contributed by atoms with Crippen LogP contribution in [0.5, 0.6) is 0 Å². The molecule has 17 nitrogen and oxygen atoms in total. The Morgan fingerprint density at radius 3 is 2.05 bits per heavy atom. The van der Waals surface area contributed by atoms with Crippen LogP contribution in [0.2, 0.25) is 5.02 Å². The third kappa shape index (κ3) is 10.3. The van der Waals surface area contributed by atoms with Gasteiger partial charge in [0.25, 0.3) is 26.0 Å². The summed E-state index contributed by atoms with van der Waals surface area (Å²) in [6.07, 6.45) is 2.32. The van der Waals surface area contributed by atoms with Gasteiger partial charge in [0.2, 0.25) is 5.91 Å². The summed E-state index contributed by atoms with van der Waals surface area (Å²) in [5.74, 6) is -6.02. The maximum atomic E-state index is 14.0. The number of anilines is 3. The first-order valence-electron chi connectivity index (χ1n) is 17.2. The maximum absolute atomic E-state index is 14.0. The van der Waals surface area contributed by atoms with Crippen molar-refractivity contribution in [2.75, 3.05) is 34.5 Å². The minimum atomic E-state index is -4.31. The molecule has 0 saturated carbocycles. The topological polar surface area (TPSA) is 244 Å². The lowest BCUT2D eigenvalue weighted by Crippen LogP contribution is -2.38. The van der Waals surface area contributed by atoms with Gasteiger partial charge in [0.05, 0.1) is 34.4 Å². The van der Waals surface area contributed by atoms with Gasteiger partial charge in [-0.2, -0.15) is 0 Å². The van der Waals surface area contributed by atoms with E-state index in [1.54, 1.807) is 39.1 Å². The van der Waals surface area contributed by atoms with Crippen LogP contribution in [-0.2, 0) is 45.6 Å². The Morgan fingerprint density at radius 2 is 1.47 bits per heavy atom. The van der Waals surface area contributed by atoms with Crippen molar-refractivity contribution in [1.29, 1.82) is 0 Å². The number of hydrogen-bond acceptors (Lipinski definition) is 15. The van der Waals surface area contributed by atoms with Gasteiger partial charge in [0.1, 0.15) is 5.92 Å². The molecule has 5 rings (SSSR count). The van der Waals surface area contributed by atoms with Crippen LogP contribution < -0.4 is 14.8 Å². The Labute approximate surface area is 350 Å². The lowest BCUT2D eigenvalue weighted by Gasteiger charge is -2.27. The quantitative estimate of drug-likeness (QED) is 0.0761. The summed E-state index contributed by atoms with van der Waals surface area (Å²) in [6.45, 7) is 7.37. The number of carbonyl (C=O) groups excluding carboxylic acids is 3. The molecule has 0 bridgehead atoms. The van der Waals surface area contributed by atoms with Crippen LogP contribution in [-0.4, -0.2) is 85.2 Å². The first-order chi connectivity index (χ1) is 27.5. The Hall–Kier alpha value is -5.00. The largest absolute Gasteiger partial charge is 0.481 e. The summed E-state index contributed by atoms with van der Waals surface area (Å²) < 4.78 is 62.9. The van der Waals surface area contributed by atoms with Gasteiger partial charge in [-0.25, -0.2) is 31.8 Å². The molecule has 2 amide bonds. The second-order valence-corrected chi connectivity index (χ2v) is 18.8. The summed E-state index contributed by atoms with van der Waals surface area (Å²) >= 11 is 8.72. The number of carboxylic acid groups (broad SMARTS) is 1. The normalized spacial score (nSPS) is 12.6. The Balaban J connectivity index is 1.35. The Bertz CT molecular complexity index is 2540. The number of thiazole rings is 3. The van der Waals surface area contributed by atoms with Gasteiger partial charge in [-0.3, -0.25) is 33.9 Å². The van der Waals surface area contributed by atoms with E-state index >= 15 is 0 Å². The molecule has 4 N–H and O–H groups in total. The number of likely N-dealkylation sites (N-methyl/N-ethyl adjacent to an activating group) is 1. The number of aliphatic carboxylic acids is 1. The number of benzene rings is 2. The average Bonchev–Trinajstić information content (AvgIpc) is 3.93. The van der Waals surface area contributed by atoms with E-state index in [1.165, 1.54) is 47.5 Å². The summed E-state index contributed by atoms with van der Waals surface area (Å²) in [5, 5.41) is 14.9. The first-order valence-corrected chi connectivity index (χ1v) is 23.1. The van der Waals surface area contributed by atoms with E-state index in [2.05, 4.69) is 29.7 Å². The number of halogens is 1. The molecule has 23 heteroatoms. The molecule has 308 valence electrons. The van der Waals surface area contributed by atoms with E-state index < -0.39 is 55.6 Å². The number of aromatic nitrogens is 3. The van der Waals surface area contributed by atoms with E-state index in [0.717, 1.165) is 28.9 Å². The predicted molar refractivity (Wildman–Crippen MR) is 220 cm³/mol. The molecule has 58 heavy (non-hydrogen) atoms. The molecule has 0 aliphatic heterocycles. The van der Waals surface area contributed by atoms with Crippen molar-refractivity contribution in [1.82, 2.24) is 19.9 Å². The van der Waals surface area contributed by atoms with Crippen molar-refractivity contribution in [3.8, 4) is 0 Å². The summed E-state index contributed by atoms with van der Waals surface area (Å²) in [4.78, 5) is 65.2. The molecule has 0 spiro atoms. The fraction of sp³-hybridized carbons (Fsp3) is 0.286. The zero-order chi connectivity index (χ0) is 42.4. The van der Waals surface area contributed by atoms with Gasteiger partial charge in [-0.05, 0) is 69.7 Å². The molecule has 2 atom stereocenters. The number of esters is 1. The van der Waals surface area contributed by atoms with Gasteiger partial charge in [-0.15, -0.1) is 34.0 Å². The molecule has 2 unspecified atom stereocenters. The van der Waals surface area contributed by atoms with Crippen molar-refractivity contribution < 1.29 is 45.9 Å². The molecule has 0 aliphatic carbocycles. The SMILES string of the molecule is CCOC(=O)Cc1csc(NC(=O)c2ccc(S(=O)(=O)Nc3ncc(C(C(=O)O)C(C(=O)N(CC)CC)c4cnc(NS(=O)(=O)c5cccc(Cl)c5C)s4)s3)cc2)n1. The monoisotopic (exact) mass is 909 g/mol. The summed E-state index contributed by atoms with van der Waals surface area (Å²) in [7, 11) is -8.49. The van der Waals surface area contributed by atoms with Crippen LogP contribution >= 0.6 is 45.6 Å². The van der Waals surface area contributed by atoms with Crippen molar-refractivity contribution in [2.24, 2.45) is 0 Å². The molecule has 0 fully saturated rings. The number of nitrogens with zero attached hydrogens (tertiary/aromatic N) is 4. The molecule has 0 radical (unpaired) electrons. The maximum Gasteiger partial charge on any atom is 0.313 e. The molecule has 2 aromatic carbocycles. The number of ether oxygens (including phenoxy) is 1. The third-order valence-electron chi connectivity index (χ3n) is 8.38. The number of carboxylic acids is 1. The van der Waals surface area contributed by atoms with Gasteiger partial charge < -0.3 is 14.7 Å². The van der Waals surface area contributed by atoms with Crippen LogP contribution in [0, 0.1) is 6.92 Å². The van der Waals surface area contributed by atoms with Crippen molar-refractivity contribution in [2.45, 2.75) is 55.7 Å². The van der Waals surface area contributed by atoms with Gasteiger partial charge in [-0.1, -0.05) is 17.7 Å². The van der Waals surface area contributed by atoms with E-state index in [1.807, 2.05) is 0 Å². The van der Waals surface area contributed by atoms with E-state index in [0.29, 0.717) is 22.6 Å². The second-order valence-electron chi connectivity index (χ2n) is 12.1. The van der Waals surface area contributed by atoms with Gasteiger partial charge in [0, 0.05) is 51.2 Å².